The maximum absolute atomic E-state index is 13.9. The Morgan fingerprint density at radius 2 is 1.90 bits per heavy atom. The van der Waals surface area contributed by atoms with Crippen LogP contribution in [0.3, 0.4) is 0 Å². The van der Waals surface area contributed by atoms with E-state index in [0.29, 0.717) is 13.0 Å². The molecule has 1 aliphatic heterocycles. The summed E-state index contributed by atoms with van der Waals surface area (Å²) in [5, 5.41) is 0. The van der Waals surface area contributed by atoms with Gasteiger partial charge in [-0.05, 0) is 36.5 Å². The number of hydrogen-bond donors (Lipinski definition) is 0. The van der Waals surface area contributed by atoms with Crippen LogP contribution in [0.5, 0.6) is 0 Å². The first-order valence-corrected chi connectivity index (χ1v) is 10.7. The predicted octanol–water partition coefficient (Wildman–Crippen LogP) is 4.53. The van der Waals surface area contributed by atoms with Crippen molar-refractivity contribution in [2.75, 3.05) is 7.11 Å². The van der Waals surface area contributed by atoms with Gasteiger partial charge in [0.25, 0.3) is 0 Å². The lowest BCUT2D eigenvalue weighted by molar-refractivity contribution is -0.160. The number of esters is 1. The van der Waals surface area contributed by atoms with Crippen molar-refractivity contribution in [3.05, 3.63) is 82.3 Å². The van der Waals surface area contributed by atoms with E-state index in [1.807, 2.05) is 59.5 Å². The van der Waals surface area contributed by atoms with Crippen LogP contribution in [0.15, 0.2) is 71.2 Å². The molecule has 1 saturated heterocycles. The predicted molar refractivity (Wildman–Crippen MR) is 115 cm³/mol. The standard InChI is InChI=1S/C24H24BrNO3/c1-29-23(28)24(15-18-11-5-7-13-20(18)25)19-12-6-8-14-21(19)26(22(24)27)16-17-9-3-2-4-10-17/h2-7,9-13,19,21H,8,14-16H2,1H3/t19-,21+,24+/m1/s1. The van der Waals surface area contributed by atoms with Gasteiger partial charge in [-0.1, -0.05) is 76.6 Å². The third-order valence-electron chi connectivity index (χ3n) is 6.17. The zero-order valence-electron chi connectivity index (χ0n) is 16.4. The molecule has 2 aromatic rings. The molecule has 0 radical (unpaired) electrons. The van der Waals surface area contributed by atoms with Crippen LogP contribution in [0.25, 0.3) is 0 Å². The molecule has 4 rings (SSSR count). The maximum Gasteiger partial charge on any atom is 0.322 e. The number of fused-ring (bicyclic) bond motifs is 1. The molecule has 3 atom stereocenters. The van der Waals surface area contributed by atoms with Crippen LogP contribution in [0.4, 0.5) is 0 Å². The van der Waals surface area contributed by atoms with Gasteiger partial charge in [-0.25, -0.2) is 0 Å². The van der Waals surface area contributed by atoms with Crippen LogP contribution < -0.4 is 0 Å². The monoisotopic (exact) mass is 453 g/mol. The van der Waals surface area contributed by atoms with Crippen LogP contribution >= 0.6 is 15.9 Å². The van der Waals surface area contributed by atoms with Gasteiger partial charge in [-0.15, -0.1) is 0 Å². The number of carbonyl (C=O) groups is 2. The Labute approximate surface area is 179 Å². The first kappa shape index (κ1) is 19.9. The molecule has 0 aromatic heterocycles. The maximum atomic E-state index is 13.9. The fourth-order valence-corrected chi connectivity index (χ4v) is 5.22. The highest BCUT2D eigenvalue weighted by Crippen LogP contribution is 2.50. The third-order valence-corrected chi connectivity index (χ3v) is 6.95. The van der Waals surface area contributed by atoms with Crippen molar-refractivity contribution < 1.29 is 14.3 Å². The number of benzene rings is 2. The topological polar surface area (TPSA) is 46.6 Å². The summed E-state index contributed by atoms with van der Waals surface area (Å²) in [4.78, 5) is 29.0. The fourth-order valence-electron chi connectivity index (χ4n) is 4.79. The molecule has 2 aromatic carbocycles. The summed E-state index contributed by atoms with van der Waals surface area (Å²) in [5.41, 5.74) is 0.760. The van der Waals surface area contributed by atoms with Crippen molar-refractivity contribution >= 4 is 27.8 Å². The van der Waals surface area contributed by atoms with Crippen molar-refractivity contribution in [2.24, 2.45) is 11.3 Å². The number of methoxy groups -OCH3 is 1. The van der Waals surface area contributed by atoms with Gasteiger partial charge in [0.2, 0.25) is 5.91 Å². The van der Waals surface area contributed by atoms with E-state index in [0.717, 1.165) is 28.4 Å². The van der Waals surface area contributed by atoms with Crippen molar-refractivity contribution in [1.82, 2.24) is 4.90 Å². The summed E-state index contributed by atoms with van der Waals surface area (Å²) in [7, 11) is 1.37. The van der Waals surface area contributed by atoms with E-state index in [-0.39, 0.29) is 17.9 Å². The Balaban J connectivity index is 1.79. The van der Waals surface area contributed by atoms with E-state index in [1.54, 1.807) is 0 Å². The molecular weight excluding hydrogens is 430 g/mol. The first-order chi connectivity index (χ1) is 14.1. The number of nitrogens with zero attached hydrogens (tertiary/aromatic N) is 1. The lowest BCUT2D eigenvalue weighted by Gasteiger charge is -2.32. The molecule has 0 bridgehead atoms. The number of amides is 1. The van der Waals surface area contributed by atoms with Crippen molar-refractivity contribution in [2.45, 2.75) is 31.8 Å². The second kappa shape index (κ2) is 8.15. The Morgan fingerprint density at radius 3 is 2.62 bits per heavy atom. The lowest BCUT2D eigenvalue weighted by atomic mass is 9.69. The molecule has 0 unspecified atom stereocenters. The quantitative estimate of drug-likeness (QED) is 0.379. The Morgan fingerprint density at radius 1 is 1.17 bits per heavy atom. The zero-order valence-corrected chi connectivity index (χ0v) is 18.0. The van der Waals surface area contributed by atoms with Crippen molar-refractivity contribution in [1.29, 1.82) is 0 Å². The Hall–Kier alpha value is -2.40. The Bertz CT molecular complexity index is 942. The highest BCUT2D eigenvalue weighted by molar-refractivity contribution is 9.10. The third kappa shape index (κ3) is 3.42. The second-order valence-electron chi connectivity index (χ2n) is 7.75. The average molecular weight is 454 g/mol. The van der Waals surface area contributed by atoms with Gasteiger partial charge in [0, 0.05) is 23.0 Å². The molecule has 0 saturated carbocycles. The molecule has 4 nitrogen and oxygen atoms in total. The molecular formula is C24H24BrNO3. The van der Waals surface area contributed by atoms with E-state index in [1.165, 1.54) is 7.11 Å². The van der Waals surface area contributed by atoms with E-state index in [4.69, 9.17) is 4.74 Å². The highest BCUT2D eigenvalue weighted by atomic mass is 79.9. The Kier molecular flexibility index (Phi) is 5.59. The molecule has 1 amide bonds. The van der Waals surface area contributed by atoms with Gasteiger partial charge in [-0.2, -0.15) is 0 Å². The fraction of sp³-hybridized carbons (Fsp3) is 0.333. The van der Waals surface area contributed by atoms with Gasteiger partial charge in [-0.3, -0.25) is 9.59 Å². The van der Waals surface area contributed by atoms with Crippen LogP contribution in [-0.4, -0.2) is 29.9 Å². The number of carbonyl (C=O) groups excluding carboxylic acids is 2. The van der Waals surface area contributed by atoms with Crippen LogP contribution in [-0.2, 0) is 27.3 Å². The van der Waals surface area contributed by atoms with Crippen LogP contribution in [0.1, 0.15) is 24.0 Å². The highest BCUT2D eigenvalue weighted by Gasteiger charge is 2.63. The summed E-state index contributed by atoms with van der Waals surface area (Å²) in [6.07, 6.45) is 6.24. The van der Waals surface area contributed by atoms with Gasteiger partial charge in [0.15, 0.2) is 5.41 Å². The average Bonchev–Trinajstić information content (AvgIpc) is 2.99. The molecule has 29 heavy (non-hydrogen) atoms. The number of ether oxygens (including phenoxy) is 1. The van der Waals surface area contributed by atoms with E-state index in [9.17, 15) is 9.59 Å². The summed E-state index contributed by atoms with van der Waals surface area (Å²) in [6.45, 7) is 0.503. The summed E-state index contributed by atoms with van der Waals surface area (Å²) >= 11 is 3.58. The number of hydrogen-bond acceptors (Lipinski definition) is 3. The SMILES string of the molecule is COC(=O)[C@]1(Cc2ccccc2Br)C(=O)N(Cc2ccccc2)[C@H]2CCC=C[C@H]21. The van der Waals surface area contributed by atoms with Crippen molar-refractivity contribution in [3.63, 3.8) is 0 Å². The van der Waals surface area contributed by atoms with Gasteiger partial charge < -0.3 is 9.64 Å². The molecule has 2 aliphatic rings. The molecule has 1 fully saturated rings. The van der Waals surface area contributed by atoms with Gasteiger partial charge >= 0.3 is 5.97 Å². The number of likely N-dealkylation sites (tertiary alicyclic amines) is 1. The first-order valence-electron chi connectivity index (χ1n) is 9.91. The van der Waals surface area contributed by atoms with Gasteiger partial charge in [0.1, 0.15) is 0 Å². The minimum Gasteiger partial charge on any atom is -0.468 e. The van der Waals surface area contributed by atoms with Crippen LogP contribution in [0.2, 0.25) is 0 Å². The summed E-state index contributed by atoms with van der Waals surface area (Å²) in [6, 6.07) is 17.7. The van der Waals surface area contributed by atoms with Crippen LogP contribution in [0, 0.1) is 11.3 Å². The van der Waals surface area contributed by atoms with E-state index < -0.39 is 11.4 Å². The zero-order chi connectivity index (χ0) is 20.4. The molecule has 0 N–H and O–H groups in total. The molecule has 5 heteroatoms. The minimum atomic E-state index is -1.24. The summed E-state index contributed by atoms with van der Waals surface area (Å²) < 4.78 is 6.13. The van der Waals surface area contributed by atoms with E-state index in [2.05, 4.69) is 28.1 Å². The number of rotatable bonds is 5. The molecule has 0 spiro atoms. The number of halogens is 1. The smallest absolute Gasteiger partial charge is 0.322 e. The second-order valence-corrected chi connectivity index (χ2v) is 8.60. The normalized spacial score (nSPS) is 25.7. The number of allylic oxidation sites excluding steroid dienone is 1. The molecule has 1 heterocycles. The minimum absolute atomic E-state index is 0.00528. The van der Waals surface area contributed by atoms with Crippen molar-refractivity contribution in [3.8, 4) is 0 Å². The molecule has 150 valence electrons. The largest absolute Gasteiger partial charge is 0.468 e. The van der Waals surface area contributed by atoms with Gasteiger partial charge in [0.05, 0.1) is 7.11 Å². The molecule has 1 aliphatic carbocycles. The van der Waals surface area contributed by atoms with E-state index >= 15 is 0 Å². The summed E-state index contributed by atoms with van der Waals surface area (Å²) in [5.74, 6) is -0.784. The lowest BCUT2D eigenvalue weighted by Crippen LogP contribution is -2.46.